The van der Waals surface area contributed by atoms with Gasteiger partial charge in [0.2, 0.25) is 5.91 Å². The lowest BCUT2D eigenvalue weighted by Gasteiger charge is -2.31. The number of aromatic nitrogens is 5. The third-order valence-electron chi connectivity index (χ3n) is 4.60. The number of likely N-dealkylation sites (N-methyl/N-ethyl adjacent to an activating group) is 1. The standard InChI is InChI=1S/C16H25N7O.2ClH/c1-3-23-14(11-21-9-6-18-12-21)19-20-16(23)13-4-7-22(8-5-13)15(24)10-17-2;;/h6,9,12-13,17H,3-5,7-8,10-11H2,1-2H3;2*1H. The molecule has 1 N–H and O–H groups in total. The van der Waals surface area contributed by atoms with Crippen molar-refractivity contribution in [2.45, 2.75) is 38.8 Å². The van der Waals surface area contributed by atoms with E-state index in [1.165, 1.54) is 0 Å². The van der Waals surface area contributed by atoms with Crippen LogP contribution in [0.3, 0.4) is 0 Å². The number of nitrogens with zero attached hydrogens (tertiary/aromatic N) is 6. The van der Waals surface area contributed by atoms with Crippen molar-refractivity contribution in [3.05, 3.63) is 30.4 Å². The first-order chi connectivity index (χ1) is 11.7. The van der Waals surface area contributed by atoms with Gasteiger partial charge >= 0.3 is 0 Å². The van der Waals surface area contributed by atoms with Gasteiger partial charge in [-0.2, -0.15) is 0 Å². The average molecular weight is 404 g/mol. The summed E-state index contributed by atoms with van der Waals surface area (Å²) in [6.45, 7) is 5.64. The van der Waals surface area contributed by atoms with Gasteiger partial charge in [0, 0.05) is 37.9 Å². The van der Waals surface area contributed by atoms with Crippen molar-refractivity contribution >= 4 is 30.7 Å². The van der Waals surface area contributed by atoms with E-state index in [0.29, 0.717) is 19.0 Å². The maximum atomic E-state index is 12.0. The second-order valence-electron chi connectivity index (χ2n) is 6.14. The van der Waals surface area contributed by atoms with Gasteiger partial charge in [0.15, 0.2) is 5.82 Å². The van der Waals surface area contributed by atoms with Gasteiger partial charge in [-0.1, -0.05) is 0 Å². The molecule has 0 atom stereocenters. The summed E-state index contributed by atoms with van der Waals surface area (Å²) < 4.78 is 4.20. The Morgan fingerprint density at radius 3 is 2.58 bits per heavy atom. The highest BCUT2D eigenvalue weighted by Crippen LogP contribution is 2.27. The van der Waals surface area contributed by atoms with E-state index >= 15 is 0 Å². The number of carbonyl (C=O) groups excluding carboxylic acids is 1. The van der Waals surface area contributed by atoms with Crippen LogP contribution in [-0.2, 0) is 17.9 Å². The highest BCUT2D eigenvalue weighted by Gasteiger charge is 2.27. The maximum absolute atomic E-state index is 12.0. The smallest absolute Gasteiger partial charge is 0.236 e. The average Bonchev–Trinajstić information content (AvgIpc) is 3.25. The van der Waals surface area contributed by atoms with E-state index in [1.807, 2.05) is 15.7 Å². The van der Waals surface area contributed by atoms with E-state index in [-0.39, 0.29) is 30.7 Å². The largest absolute Gasteiger partial charge is 0.342 e. The molecular formula is C16H27Cl2N7O. The van der Waals surface area contributed by atoms with Crippen molar-refractivity contribution in [3.8, 4) is 0 Å². The highest BCUT2D eigenvalue weighted by molar-refractivity contribution is 5.85. The topological polar surface area (TPSA) is 80.9 Å². The number of hydrogen-bond donors (Lipinski definition) is 1. The maximum Gasteiger partial charge on any atom is 0.236 e. The Hall–Kier alpha value is -1.64. The molecule has 10 heteroatoms. The van der Waals surface area contributed by atoms with Crippen molar-refractivity contribution in [1.82, 2.24) is 34.5 Å². The van der Waals surface area contributed by atoms with Crippen LogP contribution in [0.1, 0.15) is 37.3 Å². The summed E-state index contributed by atoms with van der Waals surface area (Å²) in [7, 11) is 1.80. The summed E-state index contributed by atoms with van der Waals surface area (Å²) in [4.78, 5) is 18.0. The molecule has 2 aromatic heterocycles. The molecule has 1 aliphatic heterocycles. The molecule has 0 bridgehead atoms. The normalized spacial score (nSPS) is 14.6. The van der Waals surface area contributed by atoms with Gasteiger partial charge in [-0.15, -0.1) is 35.0 Å². The van der Waals surface area contributed by atoms with Gasteiger partial charge in [-0.3, -0.25) is 4.79 Å². The van der Waals surface area contributed by atoms with Gasteiger partial charge in [0.1, 0.15) is 5.82 Å². The van der Waals surface area contributed by atoms with Crippen LogP contribution in [-0.4, -0.2) is 61.8 Å². The molecule has 0 unspecified atom stereocenters. The molecule has 1 fully saturated rings. The number of hydrogen-bond acceptors (Lipinski definition) is 5. The van der Waals surface area contributed by atoms with Crippen LogP contribution < -0.4 is 5.32 Å². The lowest BCUT2D eigenvalue weighted by Crippen LogP contribution is -2.42. The molecule has 1 amide bonds. The number of imidazole rings is 1. The van der Waals surface area contributed by atoms with Crippen LogP contribution >= 0.6 is 24.8 Å². The summed E-state index contributed by atoms with van der Waals surface area (Å²) in [5.41, 5.74) is 0. The second-order valence-corrected chi connectivity index (χ2v) is 6.14. The van der Waals surface area contributed by atoms with Crippen LogP contribution in [0.15, 0.2) is 18.7 Å². The Morgan fingerprint density at radius 1 is 1.27 bits per heavy atom. The van der Waals surface area contributed by atoms with Crippen LogP contribution in [0.4, 0.5) is 0 Å². The first-order valence-electron chi connectivity index (χ1n) is 8.53. The minimum Gasteiger partial charge on any atom is -0.342 e. The minimum atomic E-state index is 0. The molecule has 0 radical (unpaired) electrons. The molecule has 0 spiro atoms. The number of piperidine rings is 1. The van der Waals surface area contributed by atoms with Crippen LogP contribution in [0.25, 0.3) is 0 Å². The molecule has 3 heterocycles. The minimum absolute atomic E-state index is 0. The quantitative estimate of drug-likeness (QED) is 0.786. The summed E-state index contributed by atoms with van der Waals surface area (Å²) in [5.74, 6) is 2.55. The van der Waals surface area contributed by atoms with Crippen LogP contribution in [0.5, 0.6) is 0 Å². The lowest BCUT2D eigenvalue weighted by molar-refractivity contribution is -0.131. The molecule has 26 heavy (non-hydrogen) atoms. The van der Waals surface area contributed by atoms with Crippen molar-refractivity contribution in [1.29, 1.82) is 0 Å². The second kappa shape index (κ2) is 10.5. The molecule has 0 aliphatic carbocycles. The van der Waals surface area contributed by atoms with Crippen molar-refractivity contribution in [2.24, 2.45) is 0 Å². The van der Waals surface area contributed by atoms with Gasteiger partial charge in [-0.05, 0) is 26.8 Å². The zero-order valence-electron chi connectivity index (χ0n) is 15.2. The van der Waals surface area contributed by atoms with E-state index in [9.17, 15) is 4.79 Å². The van der Waals surface area contributed by atoms with Crippen molar-refractivity contribution in [3.63, 3.8) is 0 Å². The molecular weight excluding hydrogens is 377 g/mol. The summed E-state index contributed by atoms with van der Waals surface area (Å²) >= 11 is 0. The fourth-order valence-electron chi connectivity index (χ4n) is 3.31. The predicted molar refractivity (Wildman–Crippen MR) is 104 cm³/mol. The summed E-state index contributed by atoms with van der Waals surface area (Å²) in [6, 6.07) is 0. The van der Waals surface area contributed by atoms with E-state index in [0.717, 1.165) is 44.1 Å². The third kappa shape index (κ3) is 4.96. The van der Waals surface area contributed by atoms with Crippen LogP contribution in [0.2, 0.25) is 0 Å². The third-order valence-corrected chi connectivity index (χ3v) is 4.60. The Bertz CT molecular complexity index is 666. The number of likely N-dealkylation sites (tertiary alicyclic amines) is 1. The van der Waals surface area contributed by atoms with E-state index < -0.39 is 0 Å². The number of halogens is 2. The van der Waals surface area contributed by atoms with Gasteiger partial charge in [-0.25, -0.2) is 4.98 Å². The number of amides is 1. The van der Waals surface area contributed by atoms with Gasteiger partial charge in [0.25, 0.3) is 0 Å². The molecule has 1 saturated heterocycles. The first-order valence-corrected chi connectivity index (χ1v) is 8.53. The zero-order valence-corrected chi connectivity index (χ0v) is 16.8. The van der Waals surface area contributed by atoms with Crippen LogP contribution in [0, 0.1) is 0 Å². The predicted octanol–water partition coefficient (Wildman–Crippen LogP) is 1.31. The molecule has 2 aromatic rings. The van der Waals surface area contributed by atoms with Gasteiger partial charge in [0.05, 0.1) is 19.4 Å². The van der Waals surface area contributed by atoms with Crippen molar-refractivity contribution < 1.29 is 4.79 Å². The van der Waals surface area contributed by atoms with Crippen molar-refractivity contribution in [2.75, 3.05) is 26.7 Å². The summed E-state index contributed by atoms with van der Waals surface area (Å²) in [5, 5.41) is 11.8. The number of rotatable bonds is 6. The van der Waals surface area contributed by atoms with E-state index in [1.54, 1.807) is 19.6 Å². The Labute approximate surface area is 166 Å². The first kappa shape index (κ1) is 22.4. The molecule has 3 rings (SSSR count). The number of carbonyl (C=O) groups is 1. The molecule has 8 nitrogen and oxygen atoms in total. The Morgan fingerprint density at radius 2 is 2.00 bits per heavy atom. The van der Waals surface area contributed by atoms with E-state index in [2.05, 4.69) is 32.0 Å². The monoisotopic (exact) mass is 403 g/mol. The SMILES string of the molecule is CCn1c(Cn2ccnc2)nnc1C1CCN(C(=O)CNC)CC1.Cl.Cl. The van der Waals surface area contributed by atoms with E-state index in [4.69, 9.17) is 0 Å². The molecule has 146 valence electrons. The fourth-order valence-corrected chi connectivity index (χ4v) is 3.31. The fraction of sp³-hybridized carbons (Fsp3) is 0.625. The molecule has 0 aromatic carbocycles. The zero-order chi connectivity index (χ0) is 16.9. The summed E-state index contributed by atoms with van der Waals surface area (Å²) in [6.07, 6.45) is 7.38. The molecule has 1 aliphatic rings. The number of nitrogens with one attached hydrogen (secondary N) is 1. The lowest BCUT2D eigenvalue weighted by atomic mass is 9.95. The molecule has 0 saturated carbocycles. The van der Waals surface area contributed by atoms with Gasteiger partial charge < -0.3 is 19.4 Å². The Balaban J connectivity index is 0.00000169. The Kier molecular flexibility index (Phi) is 9.04. The highest BCUT2D eigenvalue weighted by atomic mass is 35.5.